The van der Waals surface area contributed by atoms with E-state index in [1.54, 1.807) is 27.7 Å². The Morgan fingerprint density at radius 1 is 1.45 bits per heavy atom. The van der Waals surface area contributed by atoms with Crippen LogP contribution in [0.1, 0.15) is 42.6 Å². The van der Waals surface area contributed by atoms with Gasteiger partial charge in [0, 0.05) is 0 Å². The van der Waals surface area contributed by atoms with Crippen molar-refractivity contribution in [2.24, 2.45) is 0 Å². The monoisotopic (exact) mass is 284 g/mol. The van der Waals surface area contributed by atoms with Crippen LogP contribution < -0.4 is 5.32 Å². The molecule has 0 aromatic carbocycles. The van der Waals surface area contributed by atoms with E-state index in [0.717, 1.165) is 0 Å². The topological polar surface area (TPSA) is 93.8 Å². The number of nitrogens with one attached hydrogen (secondary N) is 1. The molecule has 0 radical (unpaired) electrons. The van der Waals surface area contributed by atoms with E-state index in [9.17, 15) is 9.90 Å². The first-order chi connectivity index (χ1) is 9.29. The zero-order valence-corrected chi connectivity index (χ0v) is 12.1. The van der Waals surface area contributed by atoms with Crippen LogP contribution in [0.25, 0.3) is 0 Å². The number of aliphatic hydroxyl groups excluding tert-OH is 1. The summed E-state index contributed by atoms with van der Waals surface area (Å²) in [6, 6.07) is 0. The van der Waals surface area contributed by atoms with Crippen molar-refractivity contribution in [3.63, 3.8) is 0 Å². The first kappa shape index (κ1) is 15.0. The van der Waals surface area contributed by atoms with Gasteiger partial charge in [0.25, 0.3) is 5.91 Å². The minimum absolute atomic E-state index is 0.119. The van der Waals surface area contributed by atoms with Gasteiger partial charge in [-0.1, -0.05) is 5.16 Å². The Kier molecular flexibility index (Phi) is 3.86. The van der Waals surface area contributed by atoms with Gasteiger partial charge < -0.3 is 24.4 Å². The molecule has 20 heavy (non-hydrogen) atoms. The SMILES string of the molecule is Cc1onc(C(=O)NC(C)(C)CO)c1C1(C)OCCO1. The van der Waals surface area contributed by atoms with E-state index >= 15 is 0 Å². The number of hydrogen-bond donors (Lipinski definition) is 2. The van der Waals surface area contributed by atoms with Gasteiger partial charge in [-0.05, 0) is 27.7 Å². The van der Waals surface area contributed by atoms with Crippen LogP contribution in [-0.2, 0) is 15.3 Å². The first-order valence-electron chi connectivity index (χ1n) is 6.47. The lowest BCUT2D eigenvalue weighted by molar-refractivity contribution is -0.150. The largest absolute Gasteiger partial charge is 0.394 e. The lowest BCUT2D eigenvalue weighted by Crippen LogP contribution is -2.47. The number of rotatable bonds is 4. The summed E-state index contributed by atoms with van der Waals surface area (Å²) in [5, 5.41) is 15.7. The van der Waals surface area contributed by atoms with Gasteiger partial charge in [-0.15, -0.1) is 0 Å². The van der Waals surface area contributed by atoms with E-state index < -0.39 is 17.2 Å². The van der Waals surface area contributed by atoms with Gasteiger partial charge in [0.05, 0.1) is 30.9 Å². The van der Waals surface area contributed by atoms with Crippen LogP contribution in [0.15, 0.2) is 4.52 Å². The number of ether oxygens (including phenoxy) is 2. The van der Waals surface area contributed by atoms with Crippen LogP contribution in [0.5, 0.6) is 0 Å². The Balaban J connectivity index is 2.32. The van der Waals surface area contributed by atoms with Gasteiger partial charge in [-0.3, -0.25) is 4.79 Å². The summed E-state index contributed by atoms with van der Waals surface area (Å²) in [4.78, 5) is 12.3. The van der Waals surface area contributed by atoms with Crippen LogP contribution in [0, 0.1) is 6.92 Å². The molecule has 0 unspecified atom stereocenters. The number of carbonyl (C=O) groups excluding carboxylic acids is 1. The van der Waals surface area contributed by atoms with Crippen molar-refractivity contribution in [2.45, 2.75) is 39.0 Å². The highest BCUT2D eigenvalue weighted by Crippen LogP contribution is 2.35. The lowest BCUT2D eigenvalue weighted by atomic mass is 10.0. The summed E-state index contributed by atoms with van der Waals surface area (Å²) in [5.74, 6) is -0.988. The molecule has 1 aliphatic heterocycles. The summed E-state index contributed by atoms with van der Waals surface area (Å²) < 4.78 is 16.2. The molecule has 7 nitrogen and oxygen atoms in total. The highest BCUT2D eigenvalue weighted by atomic mass is 16.7. The second kappa shape index (κ2) is 5.16. The minimum Gasteiger partial charge on any atom is -0.394 e. The third-order valence-corrected chi connectivity index (χ3v) is 3.22. The maximum absolute atomic E-state index is 12.3. The second-order valence-electron chi connectivity index (χ2n) is 5.60. The van der Waals surface area contributed by atoms with Gasteiger partial charge in [0.1, 0.15) is 5.76 Å². The molecule has 1 aromatic rings. The van der Waals surface area contributed by atoms with E-state index in [2.05, 4.69) is 10.5 Å². The molecule has 1 aromatic heterocycles. The maximum Gasteiger partial charge on any atom is 0.274 e. The molecule has 7 heteroatoms. The zero-order valence-electron chi connectivity index (χ0n) is 12.1. The number of hydrogen-bond acceptors (Lipinski definition) is 6. The molecule has 0 saturated carbocycles. The predicted octanol–water partition coefficient (Wildman–Crippen LogP) is 0.703. The number of aliphatic hydroxyl groups is 1. The number of aromatic nitrogens is 1. The average molecular weight is 284 g/mol. The quantitative estimate of drug-likeness (QED) is 0.845. The average Bonchev–Trinajstić information content (AvgIpc) is 2.96. The molecule has 1 aliphatic rings. The molecular formula is C13H20N2O5. The molecule has 2 N–H and O–H groups in total. The number of aryl methyl sites for hydroxylation is 1. The van der Waals surface area contributed by atoms with Crippen molar-refractivity contribution < 1.29 is 23.9 Å². The molecule has 1 fully saturated rings. The number of carbonyl (C=O) groups is 1. The van der Waals surface area contributed by atoms with E-state index in [-0.39, 0.29) is 12.3 Å². The van der Waals surface area contributed by atoms with E-state index in [1.165, 1.54) is 0 Å². The maximum atomic E-state index is 12.3. The second-order valence-corrected chi connectivity index (χ2v) is 5.60. The molecule has 0 bridgehead atoms. The molecule has 112 valence electrons. The summed E-state index contributed by atoms with van der Waals surface area (Å²) in [6.45, 7) is 7.56. The van der Waals surface area contributed by atoms with Gasteiger partial charge in [0.2, 0.25) is 0 Å². The van der Waals surface area contributed by atoms with Gasteiger partial charge in [-0.2, -0.15) is 0 Å². The third-order valence-electron chi connectivity index (χ3n) is 3.22. The summed E-state index contributed by atoms with van der Waals surface area (Å²) in [6.07, 6.45) is 0. The van der Waals surface area contributed by atoms with E-state index in [0.29, 0.717) is 24.5 Å². The molecule has 0 spiro atoms. The highest BCUT2D eigenvalue weighted by Gasteiger charge is 2.41. The molecule has 2 heterocycles. The first-order valence-corrected chi connectivity index (χ1v) is 6.47. The molecule has 1 saturated heterocycles. The van der Waals surface area contributed by atoms with Crippen molar-refractivity contribution in [3.8, 4) is 0 Å². The van der Waals surface area contributed by atoms with Crippen molar-refractivity contribution >= 4 is 5.91 Å². The minimum atomic E-state index is -1.03. The number of amides is 1. The van der Waals surface area contributed by atoms with Crippen molar-refractivity contribution in [2.75, 3.05) is 19.8 Å². The molecule has 0 aliphatic carbocycles. The van der Waals surface area contributed by atoms with Crippen LogP contribution in [0.2, 0.25) is 0 Å². The lowest BCUT2D eigenvalue weighted by Gasteiger charge is -2.25. The standard InChI is InChI=1S/C13H20N2O5/c1-8-9(13(4)18-5-6-19-13)10(15-20-8)11(17)14-12(2,3)7-16/h16H,5-7H2,1-4H3,(H,14,17). The molecule has 1 amide bonds. The van der Waals surface area contributed by atoms with Gasteiger partial charge >= 0.3 is 0 Å². The fourth-order valence-electron chi connectivity index (χ4n) is 2.13. The van der Waals surface area contributed by atoms with Crippen molar-refractivity contribution in [1.82, 2.24) is 10.5 Å². The van der Waals surface area contributed by atoms with E-state index in [4.69, 9.17) is 14.0 Å². The fourth-order valence-corrected chi connectivity index (χ4v) is 2.13. The Morgan fingerprint density at radius 2 is 2.05 bits per heavy atom. The summed E-state index contributed by atoms with van der Waals surface area (Å²) >= 11 is 0. The Morgan fingerprint density at radius 3 is 2.60 bits per heavy atom. The van der Waals surface area contributed by atoms with Crippen molar-refractivity contribution in [1.29, 1.82) is 0 Å². The predicted molar refractivity (Wildman–Crippen MR) is 69.1 cm³/mol. The van der Waals surface area contributed by atoms with E-state index in [1.807, 2.05) is 0 Å². The Labute approximate surface area is 117 Å². The van der Waals surface area contributed by atoms with Gasteiger partial charge in [0.15, 0.2) is 11.5 Å². The molecule has 2 rings (SSSR count). The Hall–Kier alpha value is -1.44. The zero-order chi connectivity index (χ0) is 15.0. The molecular weight excluding hydrogens is 264 g/mol. The smallest absolute Gasteiger partial charge is 0.274 e. The van der Waals surface area contributed by atoms with Gasteiger partial charge in [-0.25, -0.2) is 0 Å². The molecule has 0 atom stereocenters. The fraction of sp³-hybridized carbons (Fsp3) is 0.692. The van der Waals surface area contributed by atoms with Crippen LogP contribution in [0.4, 0.5) is 0 Å². The highest BCUT2D eigenvalue weighted by molar-refractivity contribution is 5.94. The van der Waals surface area contributed by atoms with Crippen molar-refractivity contribution in [3.05, 3.63) is 17.0 Å². The van der Waals surface area contributed by atoms with Crippen LogP contribution >= 0.6 is 0 Å². The number of nitrogens with zero attached hydrogens (tertiary/aromatic N) is 1. The summed E-state index contributed by atoms with van der Waals surface area (Å²) in [7, 11) is 0. The van der Waals surface area contributed by atoms with Crippen LogP contribution in [0.3, 0.4) is 0 Å². The third kappa shape index (κ3) is 2.70. The normalized spacial score (nSPS) is 18.2. The summed E-state index contributed by atoms with van der Waals surface area (Å²) in [5.41, 5.74) is -0.144. The van der Waals surface area contributed by atoms with Crippen LogP contribution in [-0.4, -0.2) is 41.5 Å². The Bertz CT molecular complexity index is 503.